The number of hydrogen-bond donors (Lipinski definition) is 1. The first-order valence-corrected chi connectivity index (χ1v) is 4.92. The Kier molecular flexibility index (Phi) is 2.47. The molecule has 1 fully saturated rings. The summed E-state index contributed by atoms with van der Waals surface area (Å²) in [5, 5.41) is 10.6. The predicted molar refractivity (Wildman–Crippen MR) is 54.3 cm³/mol. The van der Waals surface area contributed by atoms with Crippen molar-refractivity contribution >= 4 is 0 Å². The van der Waals surface area contributed by atoms with E-state index in [1.165, 1.54) is 14.2 Å². The zero-order valence-electron chi connectivity index (χ0n) is 8.97. The maximum atomic E-state index is 10.6. The molecule has 1 heterocycles. The van der Waals surface area contributed by atoms with Crippen molar-refractivity contribution in [2.75, 3.05) is 14.2 Å². The van der Waals surface area contributed by atoms with Gasteiger partial charge in [0.1, 0.15) is 12.2 Å². The Balaban J connectivity index is 2.38. The molecule has 2 aliphatic rings. The van der Waals surface area contributed by atoms with E-state index in [4.69, 9.17) is 14.2 Å². The molecule has 0 amide bonds. The molecule has 0 aromatic heterocycles. The quantitative estimate of drug-likeness (QED) is 0.421. The maximum Gasteiger partial charge on any atom is 0.220 e. The number of aliphatic hydroxyl groups is 1. The number of fused-ring (bicyclic) bond motifs is 1. The molecule has 1 aliphatic heterocycles. The first-order valence-electron chi connectivity index (χ1n) is 4.92. The van der Waals surface area contributed by atoms with Crippen molar-refractivity contribution < 1.29 is 19.3 Å². The van der Waals surface area contributed by atoms with Gasteiger partial charge in [-0.05, 0) is 6.08 Å². The van der Waals surface area contributed by atoms with Gasteiger partial charge < -0.3 is 19.3 Å². The number of epoxide rings is 1. The third kappa shape index (κ3) is 1.29. The van der Waals surface area contributed by atoms with Crippen molar-refractivity contribution in [2.24, 2.45) is 0 Å². The summed E-state index contributed by atoms with van der Waals surface area (Å²) in [6.07, 6.45) is 5.29. The number of ether oxygens (including phenoxy) is 3. The summed E-state index contributed by atoms with van der Waals surface area (Å²) < 4.78 is 16.0. The molecule has 0 radical (unpaired) electrons. The largest absolute Gasteiger partial charge is 0.381 e. The van der Waals surface area contributed by atoms with E-state index in [1.807, 2.05) is 6.08 Å². The molecule has 84 valence electrons. The molecule has 2 rings (SSSR count). The van der Waals surface area contributed by atoms with E-state index < -0.39 is 11.4 Å². The zero-order chi connectivity index (χ0) is 11.1. The highest BCUT2D eigenvalue weighted by Gasteiger charge is 2.66. The number of rotatable bonds is 4. The fourth-order valence-corrected chi connectivity index (χ4v) is 2.27. The Labute approximate surface area is 89.1 Å². The molecule has 4 heteroatoms. The second kappa shape index (κ2) is 3.42. The Bertz CT molecular complexity index is 295. The van der Waals surface area contributed by atoms with Crippen LogP contribution in [-0.4, -0.2) is 42.9 Å². The molecule has 3 atom stereocenters. The van der Waals surface area contributed by atoms with Crippen molar-refractivity contribution in [3.8, 4) is 0 Å². The summed E-state index contributed by atoms with van der Waals surface area (Å²) in [6.45, 7) is 3.64. The second-order valence-electron chi connectivity index (χ2n) is 3.87. The van der Waals surface area contributed by atoms with Crippen molar-refractivity contribution in [1.82, 2.24) is 0 Å². The molecule has 0 aromatic rings. The molecule has 1 saturated heterocycles. The molecule has 15 heavy (non-hydrogen) atoms. The summed E-state index contributed by atoms with van der Waals surface area (Å²) in [6, 6.07) is 0. The van der Waals surface area contributed by atoms with Crippen LogP contribution in [0.2, 0.25) is 0 Å². The van der Waals surface area contributed by atoms with E-state index >= 15 is 0 Å². The smallest absolute Gasteiger partial charge is 0.220 e. The summed E-state index contributed by atoms with van der Waals surface area (Å²) in [4.78, 5) is 0. The van der Waals surface area contributed by atoms with E-state index in [0.29, 0.717) is 6.42 Å². The van der Waals surface area contributed by atoms with Gasteiger partial charge in [-0.2, -0.15) is 0 Å². The maximum absolute atomic E-state index is 10.6. The van der Waals surface area contributed by atoms with E-state index in [9.17, 15) is 5.11 Å². The van der Waals surface area contributed by atoms with Crippen LogP contribution in [0.25, 0.3) is 0 Å². The lowest BCUT2D eigenvalue weighted by atomic mass is 9.80. The third-order valence-electron chi connectivity index (χ3n) is 3.17. The highest BCUT2D eigenvalue weighted by molar-refractivity contribution is 5.27. The van der Waals surface area contributed by atoms with Gasteiger partial charge in [0.25, 0.3) is 0 Å². The van der Waals surface area contributed by atoms with Crippen molar-refractivity contribution in [1.29, 1.82) is 0 Å². The molecule has 0 bridgehead atoms. The molecular weight excluding hydrogens is 196 g/mol. The molecule has 1 aliphatic carbocycles. The van der Waals surface area contributed by atoms with Crippen LogP contribution in [0.4, 0.5) is 0 Å². The Hall–Kier alpha value is -0.680. The van der Waals surface area contributed by atoms with Crippen LogP contribution in [0.1, 0.15) is 6.42 Å². The molecular formula is C11H16O4. The Morgan fingerprint density at radius 1 is 1.53 bits per heavy atom. The van der Waals surface area contributed by atoms with Gasteiger partial charge in [0.2, 0.25) is 5.79 Å². The summed E-state index contributed by atoms with van der Waals surface area (Å²) in [7, 11) is 3.01. The highest BCUT2D eigenvalue weighted by Crippen LogP contribution is 2.48. The normalized spacial score (nSPS) is 41.0. The minimum absolute atomic E-state index is 0.0200. The molecule has 0 unspecified atom stereocenters. The van der Waals surface area contributed by atoms with Crippen LogP contribution in [0, 0.1) is 0 Å². The molecule has 0 aromatic carbocycles. The Morgan fingerprint density at radius 3 is 2.73 bits per heavy atom. The summed E-state index contributed by atoms with van der Waals surface area (Å²) in [5.74, 6) is -1.14. The topological polar surface area (TPSA) is 51.2 Å². The molecule has 0 spiro atoms. The van der Waals surface area contributed by atoms with Gasteiger partial charge in [0, 0.05) is 20.6 Å². The van der Waals surface area contributed by atoms with E-state index in [-0.39, 0.29) is 12.2 Å². The van der Waals surface area contributed by atoms with Crippen LogP contribution in [0.5, 0.6) is 0 Å². The first kappa shape index (κ1) is 10.8. The van der Waals surface area contributed by atoms with Crippen LogP contribution in [0.15, 0.2) is 24.8 Å². The minimum atomic E-state index is -1.20. The lowest BCUT2D eigenvalue weighted by molar-refractivity contribution is -0.277. The fourth-order valence-electron chi connectivity index (χ4n) is 2.27. The lowest BCUT2D eigenvalue weighted by Crippen LogP contribution is -2.60. The fraction of sp³-hybridized carbons (Fsp3) is 0.636. The van der Waals surface area contributed by atoms with Gasteiger partial charge in [-0.25, -0.2) is 0 Å². The van der Waals surface area contributed by atoms with Crippen molar-refractivity contribution in [3.63, 3.8) is 0 Å². The Morgan fingerprint density at radius 2 is 2.20 bits per heavy atom. The van der Waals surface area contributed by atoms with Gasteiger partial charge in [-0.15, -0.1) is 6.58 Å². The average molecular weight is 212 g/mol. The summed E-state index contributed by atoms with van der Waals surface area (Å²) in [5.41, 5.74) is -1.20. The number of hydrogen-bond acceptors (Lipinski definition) is 4. The molecule has 1 N–H and O–H groups in total. The molecule has 0 saturated carbocycles. The summed E-state index contributed by atoms with van der Waals surface area (Å²) >= 11 is 0. The monoisotopic (exact) mass is 212 g/mol. The SMILES string of the molecule is C=CC[C@]1(O)[C@H]2O[C@H]2C=CC1(OC)OC. The van der Waals surface area contributed by atoms with E-state index in [0.717, 1.165) is 0 Å². The van der Waals surface area contributed by atoms with Gasteiger partial charge in [-0.1, -0.05) is 12.2 Å². The minimum Gasteiger partial charge on any atom is -0.381 e. The zero-order valence-corrected chi connectivity index (χ0v) is 8.97. The second-order valence-corrected chi connectivity index (χ2v) is 3.87. The molecule has 4 nitrogen and oxygen atoms in total. The number of methoxy groups -OCH3 is 2. The third-order valence-corrected chi connectivity index (χ3v) is 3.17. The van der Waals surface area contributed by atoms with Gasteiger partial charge >= 0.3 is 0 Å². The van der Waals surface area contributed by atoms with Crippen molar-refractivity contribution in [3.05, 3.63) is 24.8 Å². The highest BCUT2D eigenvalue weighted by atomic mass is 16.7. The van der Waals surface area contributed by atoms with Crippen LogP contribution < -0.4 is 0 Å². The predicted octanol–water partition coefficient (Wildman–Crippen LogP) is 0.620. The van der Waals surface area contributed by atoms with E-state index in [2.05, 4.69) is 6.58 Å². The first-order chi connectivity index (χ1) is 7.13. The van der Waals surface area contributed by atoms with Gasteiger partial charge in [-0.3, -0.25) is 0 Å². The van der Waals surface area contributed by atoms with E-state index in [1.54, 1.807) is 12.2 Å². The van der Waals surface area contributed by atoms with Crippen LogP contribution in [0.3, 0.4) is 0 Å². The lowest BCUT2D eigenvalue weighted by Gasteiger charge is -2.43. The van der Waals surface area contributed by atoms with Crippen LogP contribution >= 0.6 is 0 Å². The van der Waals surface area contributed by atoms with Gasteiger partial charge in [0.05, 0.1) is 0 Å². The van der Waals surface area contributed by atoms with Crippen molar-refractivity contribution in [2.45, 2.75) is 30.0 Å². The van der Waals surface area contributed by atoms with Crippen LogP contribution in [-0.2, 0) is 14.2 Å². The van der Waals surface area contributed by atoms with Gasteiger partial charge in [0.15, 0.2) is 5.60 Å². The standard InChI is InChI=1S/C11H16O4/c1-4-6-10(12)9-8(15-9)5-7-11(10,13-2)14-3/h4-5,7-9,12H,1,6H2,2-3H3/t8-,9-,10-/m0/s1. The average Bonchev–Trinajstić information content (AvgIpc) is 3.00.